The van der Waals surface area contributed by atoms with Gasteiger partial charge >= 0.3 is 0 Å². The molecular formula is C17H17ClO2. The monoisotopic (exact) mass is 288 g/mol. The van der Waals surface area contributed by atoms with Gasteiger partial charge in [0.05, 0.1) is 6.10 Å². The number of rotatable bonds is 3. The molecule has 0 radical (unpaired) electrons. The molecule has 0 saturated carbocycles. The molecule has 3 heteroatoms. The van der Waals surface area contributed by atoms with Crippen LogP contribution >= 0.6 is 11.6 Å². The number of para-hydroxylation sites is 1. The van der Waals surface area contributed by atoms with Crippen LogP contribution in [0.15, 0.2) is 42.5 Å². The molecule has 0 bridgehead atoms. The summed E-state index contributed by atoms with van der Waals surface area (Å²) in [6, 6.07) is 13.8. The van der Waals surface area contributed by atoms with Crippen LogP contribution in [-0.2, 0) is 12.8 Å². The normalized spacial score (nSPS) is 18.4. The maximum atomic E-state index is 10.4. The second-order valence-corrected chi connectivity index (χ2v) is 5.74. The first-order valence-corrected chi connectivity index (χ1v) is 7.19. The first-order chi connectivity index (χ1) is 9.63. The molecule has 1 aliphatic rings. The molecule has 3 rings (SSSR count). The second kappa shape index (κ2) is 5.47. The smallest absolute Gasteiger partial charge is 0.129 e. The van der Waals surface area contributed by atoms with E-state index in [1.54, 1.807) is 0 Å². The molecule has 2 atom stereocenters. The standard InChI is InChI=1S/C17H17ClO2/c1-11-6-7-12(14(18)8-11)9-15(19)17-10-13-4-2-3-5-16(13)20-17/h2-8,15,17,19H,9-10H2,1H3. The van der Waals surface area contributed by atoms with E-state index in [1.807, 2.05) is 49.4 Å². The molecule has 0 aliphatic carbocycles. The van der Waals surface area contributed by atoms with Gasteiger partial charge in [-0.05, 0) is 35.7 Å². The van der Waals surface area contributed by atoms with Gasteiger partial charge in [-0.1, -0.05) is 41.9 Å². The van der Waals surface area contributed by atoms with E-state index in [2.05, 4.69) is 0 Å². The number of aliphatic hydroxyl groups excluding tert-OH is 1. The summed E-state index contributed by atoms with van der Waals surface area (Å²) in [7, 11) is 0. The Bertz CT molecular complexity index is 599. The fraction of sp³-hybridized carbons (Fsp3) is 0.294. The summed E-state index contributed by atoms with van der Waals surface area (Å²) >= 11 is 6.22. The van der Waals surface area contributed by atoms with Crippen LogP contribution in [0.3, 0.4) is 0 Å². The molecule has 2 unspecified atom stereocenters. The Kier molecular flexibility index (Phi) is 3.68. The van der Waals surface area contributed by atoms with E-state index in [0.717, 1.165) is 28.9 Å². The van der Waals surface area contributed by atoms with E-state index in [1.165, 1.54) is 0 Å². The first kappa shape index (κ1) is 13.5. The molecule has 1 aliphatic heterocycles. The summed E-state index contributed by atoms with van der Waals surface area (Å²) in [5.41, 5.74) is 3.24. The average molecular weight is 289 g/mol. The highest BCUT2D eigenvalue weighted by Crippen LogP contribution is 2.31. The Morgan fingerprint density at radius 2 is 2.10 bits per heavy atom. The Morgan fingerprint density at radius 1 is 1.30 bits per heavy atom. The third-order valence-electron chi connectivity index (χ3n) is 3.74. The Hall–Kier alpha value is -1.51. The quantitative estimate of drug-likeness (QED) is 0.936. The van der Waals surface area contributed by atoms with Crippen LogP contribution in [0.1, 0.15) is 16.7 Å². The number of hydrogen-bond acceptors (Lipinski definition) is 2. The number of ether oxygens (including phenoxy) is 1. The van der Waals surface area contributed by atoms with Gasteiger partial charge in [-0.15, -0.1) is 0 Å². The lowest BCUT2D eigenvalue weighted by molar-refractivity contribution is 0.0503. The molecule has 1 heterocycles. The molecule has 0 aromatic heterocycles. The van der Waals surface area contributed by atoms with Crippen LogP contribution in [0, 0.1) is 6.92 Å². The maximum Gasteiger partial charge on any atom is 0.129 e. The fourth-order valence-electron chi connectivity index (χ4n) is 2.60. The minimum Gasteiger partial charge on any atom is -0.487 e. The van der Waals surface area contributed by atoms with Gasteiger partial charge in [0.1, 0.15) is 11.9 Å². The minimum absolute atomic E-state index is 0.190. The van der Waals surface area contributed by atoms with Crippen molar-refractivity contribution >= 4 is 11.6 Å². The Morgan fingerprint density at radius 3 is 2.85 bits per heavy atom. The van der Waals surface area contributed by atoms with Crippen molar-refractivity contribution < 1.29 is 9.84 Å². The summed E-state index contributed by atoms with van der Waals surface area (Å²) in [5, 5.41) is 11.1. The van der Waals surface area contributed by atoms with Gasteiger partial charge in [0.25, 0.3) is 0 Å². The number of aryl methyl sites for hydroxylation is 1. The average Bonchev–Trinajstić information content (AvgIpc) is 2.86. The van der Waals surface area contributed by atoms with Gasteiger partial charge in [-0.2, -0.15) is 0 Å². The van der Waals surface area contributed by atoms with Crippen molar-refractivity contribution in [2.24, 2.45) is 0 Å². The van der Waals surface area contributed by atoms with E-state index in [9.17, 15) is 5.11 Å². The summed E-state index contributed by atoms with van der Waals surface area (Å²) in [4.78, 5) is 0. The molecule has 0 amide bonds. The third-order valence-corrected chi connectivity index (χ3v) is 4.09. The molecule has 2 nitrogen and oxygen atoms in total. The van der Waals surface area contributed by atoms with Crippen molar-refractivity contribution in [1.29, 1.82) is 0 Å². The van der Waals surface area contributed by atoms with Crippen molar-refractivity contribution in [3.63, 3.8) is 0 Å². The highest BCUT2D eigenvalue weighted by molar-refractivity contribution is 6.31. The van der Waals surface area contributed by atoms with Crippen molar-refractivity contribution in [2.75, 3.05) is 0 Å². The Balaban J connectivity index is 1.70. The van der Waals surface area contributed by atoms with E-state index in [-0.39, 0.29) is 6.10 Å². The van der Waals surface area contributed by atoms with Gasteiger partial charge < -0.3 is 9.84 Å². The van der Waals surface area contributed by atoms with Gasteiger partial charge in [0.2, 0.25) is 0 Å². The number of hydrogen-bond donors (Lipinski definition) is 1. The molecular weight excluding hydrogens is 272 g/mol. The van der Waals surface area contributed by atoms with E-state index in [0.29, 0.717) is 11.4 Å². The lowest BCUT2D eigenvalue weighted by Gasteiger charge is -2.18. The molecule has 20 heavy (non-hydrogen) atoms. The van der Waals surface area contributed by atoms with Crippen LogP contribution in [-0.4, -0.2) is 17.3 Å². The zero-order chi connectivity index (χ0) is 14.1. The minimum atomic E-state index is -0.553. The SMILES string of the molecule is Cc1ccc(CC(O)C2Cc3ccccc3O2)c(Cl)c1. The van der Waals surface area contributed by atoms with Crippen LogP contribution in [0.25, 0.3) is 0 Å². The summed E-state index contributed by atoms with van der Waals surface area (Å²) in [6.45, 7) is 2.00. The summed E-state index contributed by atoms with van der Waals surface area (Å²) in [6.07, 6.45) is 0.519. The van der Waals surface area contributed by atoms with Crippen molar-refractivity contribution in [3.8, 4) is 5.75 Å². The molecule has 104 valence electrons. The van der Waals surface area contributed by atoms with Gasteiger partial charge in [0, 0.05) is 17.9 Å². The van der Waals surface area contributed by atoms with E-state index < -0.39 is 6.10 Å². The summed E-state index contributed by atoms with van der Waals surface area (Å²) < 4.78 is 5.81. The molecule has 0 fully saturated rings. The highest BCUT2D eigenvalue weighted by atomic mass is 35.5. The van der Waals surface area contributed by atoms with Crippen LogP contribution in [0.2, 0.25) is 5.02 Å². The third kappa shape index (κ3) is 2.67. The zero-order valence-corrected chi connectivity index (χ0v) is 12.1. The largest absolute Gasteiger partial charge is 0.487 e. The van der Waals surface area contributed by atoms with E-state index >= 15 is 0 Å². The number of halogens is 1. The van der Waals surface area contributed by atoms with Crippen LogP contribution < -0.4 is 4.74 Å². The molecule has 0 saturated heterocycles. The van der Waals surface area contributed by atoms with Crippen LogP contribution in [0.4, 0.5) is 0 Å². The number of fused-ring (bicyclic) bond motifs is 1. The van der Waals surface area contributed by atoms with Crippen molar-refractivity contribution in [2.45, 2.75) is 32.0 Å². The molecule has 1 N–H and O–H groups in total. The van der Waals surface area contributed by atoms with E-state index in [4.69, 9.17) is 16.3 Å². The van der Waals surface area contributed by atoms with Gasteiger partial charge in [-0.3, -0.25) is 0 Å². The maximum absolute atomic E-state index is 10.4. The topological polar surface area (TPSA) is 29.5 Å². The first-order valence-electron chi connectivity index (χ1n) is 6.81. The number of aliphatic hydroxyl groups is 1. The lowest BCUT2D eigenvalue weighted by Crippen LogP contribution is -2.32. The fourth-order valence-corrected chi connectivity index (χ4v) is 2.91. The highest BCUT2D eigenvalue weighted by Gasteiger charge is 2.29. The summed E-state index contributed by atoms with van der Waals surface area (Å²) in [5.74, 6) is 0.881. The van der Waals surface area contributed by atoms with Gasteiger partial charge in [-0.25, -0.2) is 0 Å². The second-order valence-electron chi connectivity index (χ2n) is 5.33. The molecule has 2 aromatic rings. The predicted octanol–water partition coefficient (Wildman–Crippen LogP) is 3.56. The van der Waals surface area contributed by atoms with Crippen molar-refractivity contribution in [1.82, 2.24) is 0 Å². The predicted molar refractivity (Wildman–Crippen MR) is 80.5 cm³/mol. The van der Waals surface area contributed by atoms with Crippen molar-refractivity contribution in [3.05, 3.63) is 64.2 Å². The Labute approximate surface area is 124 Å². The van der Waals surface area contributed by atoms with Crippen LogP contribution in [0.5, 0.6) is 5.75 Å². The van der Waals surface area contributed by atoms with Gasteiger partial charge in [0.15, 0.2) is 0 Å². The molecule has 0 spiro atoms. The molecule has 2 aromatic carbocycles. The number of benzene rings is 2. The zero-order valence-electron chi connectivity index (χ0n) is 11.3. The lowest BCUT2D eigenvalue weighted by atomic mass is 9.99.